The third kappa shape index (κ3) is 4.20. The number of nitriles is 1. The Morgan fingerprint density at radius 1 is 1.45 bits per heavy atom. The molecular weight excluding hydrogens is 256 g/mol. The number of β-amino-alcohol motifs (C(OH)–C–C–N with tert-alkyl or cyclic N) is 1. The Balaban J connectivity index is 1.72. The highest BCUT2D eigenvalue weighted by Gasteiger charge is 2.23. The van der Waals surface area contributed by atoms with Crippen molar-refractivity contribution in [3.63, 3.8) is 0 Å². The van der Waals surface area contributed by atoms with Gasteiger partial charge in [-0.05, 0) is 30.7 Å². The van der Waals surface area contributed by atoms with Crippen LogP contribution >= 0.6 is 0 Å². The molecule has 5 heteroatoms. The Kier molecular flexibility index (Phi) is 5.36. The molecule has 0 spiro atoms. The summed E-state index contributed by atoms with van der Waals surface area (Å²) in [7, 11) is 1.72. The van der Waals surface area contributed by atoms with Gasteiger partial charge in [-0.1, -0.05) is 0 Å². The normalized spacial score (nSPS) is 20.6. The summed E-state index contributed by atoms with van der Waals surface area (Å²) in [6.07, 6.45) is 0.766. The molecule has 0 aromatic heterocycles. The fraction of sp³-hybridized carbons (Fsp3) is 0.533. The minimum absolute atomic E-state index is 0.250. The summed E-state index contributed by atoms with van der Waals surface area (Å²) in [5.41, 5.74) is 0.598. The second-order valence-corrected chi connectivity index (χ2v) is 5.01. The lowest BCUT2D eigenvalue weighted by atomic mass is 10.2. The van der Waals surface area contributed by atoms with Crippen LogP contribution in [0.1, 0.15) is 12.0 Å². The van der Waals surface area contributed by atoms with Gasteiger partial charge >= 0.3 is 0 Å². The molecule has 1 N–H and O–H groups in total. The minimum atomic E-state index is -0.527. The predicted molar refractivity (Wildman–Crippen MR) is 74.5 cm³/mol. The standard InChI is InChI=1S/C15H20N2O3/c1-19-15-6-7-17(10-15)9-13(18)11-20-14-4-2-12(8-16)3-5-14/h2-5,13,15,18H,6-7,9-11H2,1H3. The van der Waals surface area contributed by atoms with Crippen LogP contribution in [0.2, 0.25) is 0 Å². The van der Waals surface area contributed by atoms with Gasteiger partial charge in [0, 0.05) is 26.7 Å². The molecule has 1 aliphatic rings. The van der Waals surface area contributed by atoms with Crippen LogP contribution in [0.5, 0.6) is 5.75 Å². The van der Waals surface area contributed by atoms with Crippen LogP contribution < -0.4 is 4.74 Å². The van der Waals surface area contributed by atoms with Gasteiger partial charge in [0.1, 0.15) is 18.5 Å². The molecule has 20 heavy (non-hydrogen) atoms. The monoisotopic (exact) mass is 276 g/mol. The van der Waals surface area contributed by atoms with E-state index in [-0.39, 0.29) is 12.7 Å². The van der Waals surface area contributed by atoms with Gasteiger partial charge in [0.25, 0.3) is 0 Å². The van der Waals surface area contributed by atoms with Gasteiger partial charge in [-0.3, -0.25) is 4.90 Å². The van der Waals surface area contributed by atoms with E-state index in [9.17, 15) is 5.11 Å². The van der Waals surface area contributed by atoms with Gasteiger partial charge in [0.15, 0.2) is 0 Å². The van der Waals surface area contributed by atoms with Crippen LogP contribution in [0.15, 0.2) is 24.3 Å². The van der Waals surface area contributed by atoms with Gasteiger partial charge in [-0.15, -0.1) is 0 Å². The maximum atomic E-state index is 9.97. The molecule has 0 aliphatic carbocycles. The van der Waals surface area contributed by atoms with Crippen LogP contribution in [0.3, 0.4) is 0 Å². The largest absolute Gasteiger partial charge is 0.491 e. The van der Waals surface area contributed by atoms with E-state index in [1.54, 1.807) is 31.4 Å². The maximum Gasteiger partial charge on any atom is 0.119 e. The number of aliphatic hydroxyl groups is 1. The van der Waals surface area contributed by atoms with Crippen molar-refractivity contribution >= 4 is 0 Å². The fourth-order valence-electron chi connectivity index (χ4n) is 2.32. The summed E-state index contributed by atoms with van der Waals surface area (Å²) in [5, 5.41) is 18.7. The van der Waals surface area contributed by atoms with Crippen molar-refractivity contribution in [3.8, 4) is 11.8 Å². The summed E-state index contributed by atoms with van der Waals surface area (Å²) in [4.78, 5) is 2.18. The summed E-state index contributed by atoms with van der Waals surface area (Å²) in [6.45, 7) is 2.66. The Bertz CT molecular complexity index is 455. The van der Waals surface area contributed by atoms with Crippen molar-refractivity contribution in [2.45, 2.75) is 18.6 Å². The molecule has 1 aliphatic heterocycles. The number of hydrogen-bond acceptors (Lipinski definition) is 5. The molecule has 1 aromatic rings. The van der Waals surface area contributed by atoms with Crippen LogP contribution in [0.4, 0.5) is 0 Å². The van der Waals surface area contributed by atoms with E-state index in [4.69, 9.17) is 14.7 Å². The van der Waals surface area contributed by atoms with Crippen LogP contribution in [-0.4, -0.2) is 55.6 Å². The second-order valence-electron chi connectivity index (χ2n) is 5.01. The van der Waals surface area contributed by atoms with Crippen LogP contribution in [-0.2, 0) is 4.74 Å². The second kappa shape index (κ2) is 7.25. The Labute approximate surface area is 119 Å². The summed E-state index contributed by atoms with van der Waals surface area (Å²) < 4.78 is 10.8. The van der Waals surface area contributed by atoms with Crippen LogP contribution in [0, 0.1) is 11.3 Å². The molecule has 2 rings (SSSR count). The molecule has 0 saturated carbocycles. The van der Waals surface area contributed by atoms with Gasteiger partial charge in [-0.25, -0.2) is 0 Å². The van der Waals surface area contributed by atoms with Gasteiger partial charge in [-0.2, -0.15) is 5.26 Å². The molecule has 1 heterocycles. The molecule has 1 fully saturated rings. The average molecular weight is 276 g/mol. The van der Waals surface area contributed by atoms with E-state index in [2.05, 4.69) is 11.0 Å². The lowest BCUT2D eigenvalue weighted by molar-refractivity contribution is 0.0642. The highest BCUT2D eigenvalue weighted by molar-refractivity contribution is 5.34. The van der Waals surface area contributed by atoms with Gasteiger partial charge in [0.05, 0.1) is 17.7 Å². The van der Waals surface area contributed by atoms with E-state index in [1.165, 1.54) is 0 Å². The first-order valence-electron chi connectivity index (χ1n) is 6.77. The van der Waals surface area contributed by atoms with Crippen molar-refractivity contribution in [1.82, 2.24) is 4.90 Å². The Morgan fingerprint density at radius 3 is 2.80 bits per heavy atom. The van der Waals surface area contributed by atoms with E-state index in [0.29, 0.717) is 17.9 Å². The maximum absolute atomic E-state index is 9.97. The minimum Gasteiger partial charge on any atom is -0.491 e. The highest BCUT2D eigenvalue weighted by atomic mass is 16.5. The van der Waals surface area contributed by atoms with Crippen molar-refractivity contribution in [2.24, 2.45) is 0 Å². The van der Waals surface area contributed by atoms with E-state index < -0.39 is 6.10 Å². The molecule has 0 radical (unpaired) electrons. The zero-order valence-electron chi connectivity index (χ0n) is 11.7. The Hall–Kier alpha value is -1.61. The first-order chi connectivity index (χ1) is 9.71. The number of likely N-dealkylation sites (tertiary alicyclic amines) is 1. The average Bonchev–Trinajstić information content (AvgIpc) is 2.93. The molecule has 2 unspecified atom stereocenters. The number of hydrogen-bond donors (Lipinski definition) is 1. The van der Waals surface area contributed by atoms with Crippen molar-refractivity contribution in [3.05, 3.63) is 29.8 Å². The number of methoxy groups -OCH3 is 1. The summed E-state index contributed by atoms with van der Waals surface area (Å²) in [5.74, 6) is 0.666. The Morgan fingerprint density at radius 2 is 2.20 bits per heavy atom. The van der Waals surface area contributed by atoms with Crippen molar-refractivity contribution in [1.29, 1.82) is 5.26 Å². The smallest absolute Gasteiger partial charge is 0.119 e. The molecule has 108 valence electrons. The number of rotatable bonds is 6. The SMILES string of the molecule is COC1CCN(CC(O)COc2ccc(C#N)cc2)C1. The first-order valence-corrected chi connectivity index (χ1v) is 6.77. The lowest BCUT2D eigenvalue weighted by Crippen LogP contribution is -2.34. The molecule has 1 saturated heterocycles. The molecule has 0 bridgehead atoms. The zero-order valence-corrected chi connectivity index (χ0v) is 11.7. The molecule has 0 amide bonds. The molecule has 2 atom stereocenters. The highest BCUT2D eigenvalue weighted by Crippen LogP contribution is 2.14. The van der Waals surface area contributed by atoms with E-state index in [1.807, 2.05) is 0 Å². The number of aliphatic hydroxyl groups excluding tert-OH is 1. The summed E-state index contributed by atoms with van der Waals surface area (Å²) in [6, 6.07) is 8.93. The molecular formula is C15H20N2O3. The van der Waals surface area contributed by atoms with Gasteiger partial charge in [0.2, 0.25) is 0 Å². The third-order valence-corrected chi connectivity index (χ3v) is 3.46. The van der Waals surface area contributed by atoms with Crippen LogP contribution in [0.25, 0.3) is 0 Å². The van der Waals surface area contributed by atoms with E-state index >= 15 is 0 Å². The topological polar surface area (TPSA) is 65.7 Å². The number of benzene rings is 1. The zero-order chi connectivity index (χ0) is 14.4. The predicted octanol–water partition coefficient (Wildman–Crippen LogP) is 1.02. The molecule has 1 aromatic carbocycles. The first kappa shape index (κ1) is 14.8. The van der Waals surface area contributed by atoms with E-state index in [0.717, 1.165) is 19.5 Å². The third-order valence-electron chi connectivity index (χ3n) is 3.46. The quantitative estimate of drug-likeness (QED) is 0.840. The van der Waals surface area contributed by atoms with Gasteiger partial charge < -0.3 is 14.6 Å². The van der Waals surface area contributed by atoms with Crippen molar-refractivity contribution in [2.75, 3.05) is 33.4 Å². The number of nitrogens with zero attached hydrogens (tertiary/aromatic N) is 2. The number of ether oxygens (including phenoxy) is 2. The summed E-state index contributed by atoms with van der Waals surface area (Å²) >= 11 is 0. The fourth-order valence-corrected chi connectivity index (χ4v) is 2.32. The molecule has 5 nitrogen and oxygen atoms in total. The lowest BCUT2D eigenvalue weighted by Gasteiger charge is -2.20. The van der Waals surface area contributed by atoms with Crippen molar-refractivity contribution < 1.29 is 14.6 Å².